The summed E-state index contributed by atoms with van der Waals surface area (Å²) in [6, 6.07) is 10.7. The third-order valence-electron chi connectivity index (χ3n) is 3.90. The zero-order valence-corrected chi connectivity index (χ0v) is 14.3. The molecule has 1 fully saturated rings. The van der Waals surface area contributed by atoms with Crippen molar-refractivity contribution in [3.05, 3.63) is 51.7 Å². The van der Waals surface area contributed by atoms with Gasteiger partial charge >= 0.3 is 0 Å². The Bertz CT molecular complexity index is 735. The van der Waals surface area contributed by atoms with Crippen molar-refractivity contribution >= 4 is 28.8 Å². The second-order valence-electron chi connectivity index (χ2n) is 5.76. The molecule has 2 amide bonds. The summed E-state index contributed by atoms with van der Waals surface area (Å²) in [6.07, 6.45) is 2.09. The van der Waals surface area contributed by atoms with Crippen molar-refractivity contribution in [3.8, 4) is 0 Å². The minimum Gasteiger partial charge on any atom is -0.376 e. The van der Waals surface area contributed by atoms with E-state index in [2.05, 4.69) is 10.6 Å². The van der Waals surface area contributed by atoms with Crippen molar-refractivity contribution < 1.29 is 14.3 Å². The summed E-state index contributed by atoms with van der Waals surface area (Å²) >= 11 is 1.43. The summed E-state index contributed by atoms with van der Waals surface area (Å²) in [6.45, 7) is 3.20. The first-order chi connectivity index (χ1) is 11.6. The highest BCUT2D eigenvalue weighted by molar-refractivity contribution is 7.14. The molecule has 6 heteroatoms. The molecule has 0 saturated carbocycles. The molecule has 2 aromatic rings. The van der Waals surface area contributed by atoms with E-state index in [-0.39, 0.29) is 17.9 Å². The van der Waals surface area contributed by atoms with Crippen LogP contribution in [0.15, 0.2) is 36.4 Å². The fourth-order valence-corrected chi connectivity index (χ4v) is 3.40. The monoisotopic (exact) mass is 344 g/mol. The van der Waals surface area contributed by atoms with Crippen molar-refractivity contribution in [1.29, 1.82) is 0 Å². The third kappa shape index (κ3) is 4.01. The quantitative estimate of drug-likeness (QED) is 0.875. The first-order valence-electron chi connectivity index (χ1n) is 8.00. The molecule has 126 valence electrons. The van der Waals surface area contributed by atoms with Gasteiger partial charge in [0.05, 0.1) is 22.2 Å². The van der Waals surface area contributed by atoms with Gasteiger partial charge in [-0.1, -0.05) is 12.1 Å². The summed E-state index contributed by atoms with van der Waals surface area (Å²) in [5.41, 5.74) is 0.968. The van der Waals surface area contributed by atoms with Crippen LogP contribution in [0.3, 0.4) is 0 Å². The van der Waals surface area contributed by atoms with E-state index >= 15 is 0 Å². The number of hydrogen-bond donors (Lipinski definition) is 2. The van der Waals surface area contributed by atoms with E-state index in [1.54, 1.807) is 30.3 Å². The fraction of sp³-hybridized carbons (Fsp3) is 0.333. The predicted molar refractivity (Wildman–Crippen MR) is 94.8 cm³/mol. The largest absolute Gasteiger partial charge is 0.376 e. The SMILES string of the molecule is Cc1ccc(C(=O)Nc2ccccc2C(=O)NC[C@H]2CCCO2)s1. The minimum absolute atomic E-state index is 0.0878. The molecule has 1 atom stereocenters. The summed E-state index contributed by atoms with van der Waals surface area (Å²) in [7, 11) is 0. The van der Waals surface area contributed by atoms with Crippen molar-refractivity contribution in [3.63, 3.8) is 0 Å². The second kappa shape index (κ2) is 7.59. The molecule has 0 unspecified atom stereocenters. The van der Waals surface area contributed by atoms with Gasteiger partial charge in [0.25, 0.3) is 11.8 Å². The third-order valence-corrected chi connectivity index (χ3v) is 4.90. The highest BCUT2D eigenvalue weighted by Crippen LogP contribution is 2.20. The van der Waals surface area contributed by atoms with Crippen LogP contribution in [0.5, 0.6) is 0 Å². The van der Waals surface area contributed by atoms with Crippen LogP contribution in [0.25, 0.3) is 0 Å². The molecular weight excluding hydrogens is 324 g/mol. The van der Waals surface area contributed by atoms with Crippen LogP contribution in [-0.4, -0.2) is 31.1 Å². The van der Waals surface area contributed by atoms with Crippen molar-refractivity contribution in [2.45, 2.75) is 25.9 Å². The molecule has 24 heavy (non-hydrogen) atoms. The lowest BCUT2D eigenvalue weighted by atomic mass is 10.1. The maximum absolute atomic E-state index is 12.4. The number of amides is 2. The molecule has 2 heterocycles. The zero-order chi connectivity index (χ0) is 16.9. The van der Waals surface area contributed by atoms with Gasteiger partial charge in [-0.3, -0.25) is 9.59 Å². The van der Waals surface area contributed by atoms with E-state index in [0.717, 1.165) is 24.3 Å². The van der Waals surface area contributed by atoms with Gasteiger partial charge in [-0.15, -0.1) is 11.3 Å². The van der Waals surface area contributed by atoms with Crippen LogP contribution >= 0.6 is 11.3 Å². The number of benzene rings is 1. The number of carbonyl (C=O) groups is 2. The van der Waals surface area contributed by atoms with E-state index in [4.69, 9.17) is 4.74 Å². The number of para-hydroxylation sites is 1. The molecule has 1 aromatic carbocycles. The van der Waals surface area contributed by atoms with Crippen LogP contribution in [0, 0.1) is 6.92 Å². The number of nitrogens with one attached hydrogen (secondary N) is 2. The lowest BCUT2D eigenvalue weighted by molar-refractivity contribution is 0.0858. The molecule has 1 aliphatic heterocycles. The van der Waals surface area contributed by atoms with Crippen LogP contribution in [0.2, 0.25) is 0 Å². The molecule has 2 N–H and O–H groups in total. The topological polar surface area (TPSA) is 67.4 Å². The first kappa shape index (κ1) is 16.7. The van der Waals surface area contributed by atoms with Gasteiger partial charge in [-0.05, 0) is 44.0 Å². The van der Waals surface area contributed by atoms with E-state index in [9.17, 15) is 9.59 Å². The summed E-state index contributed by atoms with van der Waals surface area (Å²) in [4.78, 5) is 26.4. The summed E-state index contributed by atoms with van der Waals surface area (Å²) < 4.78 is 5.51. The van der Waals surface area contributed by atoms with Crippen LogP contribution in [-0.2, 0) is 4.74 Å². The van der Waals surface area contributed by atoms with Crippen LogP contribution in [0.1, 0.15) is 37.7 Å². The smallest absolute Gasteiger partial charge is 0.265 e. The Balaban J connectivity index is 1.67. The van der Waals surface area contributed by atoms with Crippen LogP contribution in [0.4, 0.5) is 5.69 Å². The highest BCUT2D eigenvalue weighted by atomic mass is 32.1. The van der Waals surface area contributed by atoms with Gasteiger partial charge in [0.2, 0.25) is 0 Å². The number of hydrogen-bond acceptors (Lipinski definition) is 4. The van der Waals surface area contributed by atoms with Gasteiger partial charge < -0.3 is 15.4 Å². The molecule has 1 aliphatic rings. The van der Waals surface area contributed by atoms with Crippen LogP contribution < -0.4 is 10.6 Å². The minimum atomic E-state index is -0.205. The molecule has 0 spiro atoms. The van der Waals surface area contributed by atoms with Gasteiger partial charge in [-0.25, -0.2) is 0 Å². The zero-order valence-electron chi connectivity index (χ0n) is 13.5. The van der Waals surface area contributed by atoms with Gasteiger partial charge in [-0.2, -0.15) is 0 Å². The average molecular weight is 344 g/mol. The maximum atomic E-state index is 12.4. The molecule has 0 bridgehead atoms. The normalized spacial score (nSPS) is 16.8. The molecular formula is C18H20N2O3S. The van der Waals surface area contributed by atoms with Crippen molar-refractivity contribution in [1.82, 2.24) is 5.32 Å². The predicted octanol–water partition coefficient (Wildman–Crippen LogP) is 3.22. The molecule has 5 nitrogen and oxygen atoms in total. The van der Waals surface area contributed by atoms with Crippen molar-refractivity contribution in [2.75, 3.05) is 18.5 Å². The number of carbonyl (C=O) groups excluding carboxylic acids is 2. The lowest BCUT2D eigenvalue weighted by Crippen LogP contribution is -2.32. The summed E-state index contributed by atoms with van der Waals surface area (Å²) in [5.74, 6) is -0.406. The number of rotatable bonds is 5. The Labute approximate surface area is 145 Å². The van der Waals surface area contributed by atoms with Gasteiger partial charge in [0, 0.05) is 18.0 Å². The Kier molecular flexibility index (Phi) is 5.27. The van der Waals surface area contributed by atoms with E-state index < -0.39 is 0 Å². The molecule has 1 aromatic heterocycles. The Morgan fingerprint density at radius 3 is 2.75 bits per heavy atom. The highest BCUT2D eigenvalue weighted by Gasteiger charge is 2.19. The maximum Gasteiger partial charge on any atom is 0.265 e. The Hall–Kier alpha value is -2.18. The number of anilines is 1. The standard InChI is InChI=1S/C18H20N2O3S/c1-12-8-9-16(24-12)18(22)20-15-7-3-2-6-14(15)17(21)19-11-13-5-4-10-23-13/h2-3,6-9,13H,4-5,10-11H2,1H3,(H,19,21)(H,20,22)/t13-/m1/s1. The molecule has 0 aliphatic carbocycles. The van der Waals surface area contributed by atoms with Gasteiger partial charge in [0.1, 0.15) is 0 Å². The molecule has 0 radical (unpaired) electrons. The number of thiophene rings is 1. The van der Waals surface area contributed by atoms with Crippen molar-refractivity contribution in [2.24, 2.45) is 0 Å². The molecule has 1 saturated heterocycles. The number of aryl methyl sites for hydroxylation is 1. The second-order valence-corrected chi connectivity index (χ2v) is 7.04. The summed E-state index contributed by atoms with van der Waals surface area (Å²) in [5, 5.41) is 5.71. The average Bonchev–Trinajstić information content (AvgIpc) is 3.24. The van der Waals surface area contributed by atoms with E-state index in [1.165, 1.54) is 11.3 Å². The first-order valence-corrected chi connectivity index (χ1v) is 8.82. The fourth-order valence-electron chi connectivity index (χ4n) is 2.64. The Morgan fingerprint density at radius 1 is 1.21 bits per heavy atom. The molecule has 3 rings (SSSR count). The van der Waals surface area contributed by atoms with E-state index in [0.29, 0.717) is 22.7 Å². The van der Waals surface area contributed by atoms with Gasteiger partial charge in [0.15, 0.2) is 0 Å². The number of ether oxygens (including phenoxy) is 1. The Morgan fingerprint density at radius 2 is 2.04 bits per heavy atom. The van der Waals surface area contributed by atoms with E-state index in [1.807, 2.05) is 13.0 Å². The lowest BCUT2D eigenvalue weighted by Gasteiger charge is -2.13.